The first-order valence-corrected chi connectivity index (χ1v) is 9.50. The Morgan fingerprint density at radius 2 is 1.72 bits per heavy atom. The average Bonchev–Trinajstić information content (AvgIpc) is 2.58. The summed E-state index contributed by atoms with van der Waals surface area (Å²) in [5.74, 6) is 2.48. The van der Waals surface area contributed by atoms with Gasteiger partial charge in [-0.2, -0.15) is 0 Å². The molecule has 25 heavy (non-hydrogen) atoms. The molecule has 4 nitrogen and oxygen atoms in total. The topological polar surface area (TPSA) is 62.0 Å². The Hall–Kier alpha value is -2.10. The summed E-state index contributed by atoms with van der Waals surface area (Å²) in [6, 6.07) is 9.17. The number of rotatable bonds is 3. The molecule has 0 unspecified atom stereocenters. The normalized spacial score (nSPS) is 32.9. The minimum atomic E-state index is -0.196. The van der Waals surface area contributed by atoms with Crippen LogP contribution in [-0.4, -0.2) is 17.4 Å². The number of H-pyrrole nitrogens is 1. The lowest BCUT2D eigenvalue weighted by Crippen LogP contribution is -2.51. The number of aromatic amines is 1. The van der Waals surface area contributed by atoms with Crippen LogP contribution in [0, 0.1) is 23.2 Å². The highest BCUT2D eigenvalue weighted by atomic mass is 16.2. The summed E-state index contributed by atoms with van der Waals surface area (Å²) < 4.78 is 0. The van der Waals surface area contributed by atoms with Crippen LogP contribution in [0.2, 0.25) is 0 Å². The molecular formula is C21H24N2O2. The SMILES string of the molecule is O=C(NCC12CC3CC(CC(C3)C1)C2)c1cc2ccccc2c(=O)[nH]1. The molecule has 1 aromatic carbocycles. The zero-order valence-corrected chi connectivity index (χ0v) is 14.4. The standard InChI is InChI=1S/C21H24N2O2/c24-19-17-4-2-1-3-16(17)8-18(23-19)20(25)22-12-21-9-13-5-14(10-21)7-15(6-13)11-21/h1-4,8,13-15H,5-7,9-12H2,(H,22,25)(H,23,24). The molecule has 0 aliphatic heterocycles. The highest BCUT2D eigenvalue weighted by Gasteiger charge is 2.50. The summed E-state index contributed by atoms with van der Waals surface area (Å²) in [6.07, 6.45) is 8.04. The molecule has 0 spiro atoms. The summed E-state index contributed by atoms with van der Waals surface area (Å²) in [4.78, 5) is 27.6. The van der Waals surface area contributed by atoms with Crippen molar-refractivity contribution in [3.8, 4) is 0 Å². The van der Waals surface area contributed by atoms with Crippen LogP contribution in [0.1, 0.15) is 49.0 Å². The summed E-state index contributed by atoms with van der Waals surface area (Å²) in [7, 11) is 0. The smallest absolute Gasteiger partial charge is 0.267 e. The van der Waals surface area contributed by atoms with Gasteiger partial charge in [-0.05, 0) is 79.2 Å². The van der Waals surface area contributed by atoms with E-state index in [4.69, 9.17) is 0 Å². The van der Waals surface area contributed by atoms with Crippen LogP contribution in [0.4, 0.5) is 0 Å². The number of hydrogen-bond acceptors (Lipinski definition) is 2. The van der Waals surface area contributed by atoms with Crippen LogP contribution in [0.25, 0.3) is 10.8 Å². The Balaban J connectivity index is 1.35. The van der Waals surface area contributed by atoms with Gasteiger partial charge < -0.3 is 10.3 Å². The van der Waals surface area contributed by atoms with Crippen molar-refractivity contribution in [3.05, 3.63) is 46.4 Å². The average molecular weight is 336 g/mol. The molecule has 1 heterocycles. The lowest BCUT2D eigenvalue weighted by molar-refractivity contribution is -0.0503. The van der Waals surface area contributed by atoms with Crippen molar-refractivity contribution in [1.82, 2.24) is 10.3 Å². The number of amides is 1. The fourth-order valence-corrected chi connectivity index (χ4v) is 6.20. The third-order valence-electron chi connectivity index (χ3n) is 6.79. The van der Waals surface area contributed by atoms with Crippen molar-refractivity contribution >= 4 is 16.7 Å². The second-order valence-electron chi connectivity index (χ2n) is 8.70. The number of nitrogens with one attached hydrogen (secondary N) is 2. The van der Waals surface area contributed by atoms with Gasteiger partial charge in [0.2, 0.25) is 0 Å². The van der Waals surface area contributed by atoms with E-state index in [1.54, 1.807) is 12.1 Å². The van der Waals surface area contributed by atoms with E-state index in [0.29, 0.717) is 16.5 Å². The van der Waals surface area contributed by atoms with Crippen LogP contribution in [-0.2, 0) is 0 Å². The first kappa shape index (κ1) is 15.2. The zero-order chi connectivity index (χ0) is 17.0. The van der Waals surface area contributed by atoms with Crippen LogP contribution in [0.5, 0.6) is 0 Å². The first-order valence-electron chi connectivity index (χ1n) is 9.50. The van der Waals surface area contributed by atoms with E-state index in [-0.39, 0.29) is 11.5 Å². The van der Waals surface area contributed by atoms with Crippen LogP contribution < -0.4 is 10.9 Å². The molecule has 2 N–H and O–H groups in total. The minimum Gasteiger partial charge on any atom is -0.350 e. The number of carbonyl (C=O) groups is 1. The van der Waals surface area contributed by atoms with Gasteiger partial charge in [0, 0.05) is 11.9 Å². The van der Waals surface area contributed by atoms with E-state index in [9.17, 15) is 9.59 Å². The fourth-order valence-electron chi connectivity index (χ4n) is 6.20. The Labute approximate surface area is 147 Å². The van der Waals surface area contributed by atoms with E-state index in [1.165, 1.54) is 38.5 Å². The van der Waals surface area contributed by atoms with Crippen molar-refractivity contribution < 1.29 is 4.79 Å². The van der Waals surface area contributed by atoms with E-state index in [1.807, 2.05) is 18.2 Å². The van der Waals surface area contributed by atoms with Gasteiger partial charge in [0.25, 0.3) is 11.5 Å². The maximum atomic E-state index is 12.7. The second kappa shape index (κ2) is 5.45. The predicted molar refractivity (Wildman–Crippen MR) is 97.5 cm³/mol. The fraction of sp³-hybridized carbons (Fsp3) is 0.524. The van der Waals surface area contributed by atoms with Crippen molar-refractivity contribution in [3.63, 3.8) is 0 Å². The largest absolute Gasteiger partial charge is 0.350 e. The molecule has 4 bridgehead atoms. The Kier molecular flexibility index (Phi) is 3.31. The molecular weight excluding hydrogens is 312 g/mol. The summed E-state index contributed by atoms with van der Waals surface area (Å²) in [6.45, 7) is 0.754. The van der Waals surface area contributed by atoms with Gasteiger partial charge in [0.05, 0.1) is 0 Å². The molecule has 4 heteroatoms. The van der Waals surface area contributed by atoms with Gasteiger partial charge in [0.1, 0.15) is 5.69 Å². The van der Waals surface area contributed by atoms with Crippen LogP contribution in [0.15, 0.2) is 35.1 Å². The van der Waals surface area contributed by atoms with Gasteiger partial charge in [-0.3, -0.25) is 9.59 Å². The Morgan fingerprint density at radius 1 is 1.08 bits per heavy atom. The van der Waals surface area contributed by atoms with Crippen molar-refractivity contribution in [1.29, 1.82) is 0 Å². The zero-order valence-electron chi connectivity index (χ0n) is 14.4. The summed E-state index contributed by atoms with van der Waals surface area (Å²) in [5.41, 5.74) is 0.480. The van der Waals surface area contributed by atoms with Gasteiger partial charge in [-0.25, -0.2) is 0 Å². The van der Waals surface area contributed by atoms with Gasteiger partial charge in [-0.1, -0.05) is 18.2 Å². The molecule has 4 aliphatic rings. The van der Waals surface area contributed by atoms with Crippen LogP contribution >= 0.6 is 0 Å². The highest BCUT2D eigenvalue weighted by molar-refractivity contribution is 5.96. The lowest BCUT2D eigenvalue weighted by atomic mass is 9.49. The number of aromatic nitrogens is 1. The molecule has 2 aromatic rings. The molecule has 6 rings (SSSR count). The van der Waals surface area contributed by atoms with Gasteiger partial charge >= 0.3 is 0 Å². The molecule has 1 amide bonds. The Morgan fingerprint density at radius 3 is 2.40 bits per heavy atom. The third-order valence-corrected chi connectivity index (χ3v) is 6.79. The monoisotopic (exact) mass is 336 g/mol. The quantitative estimate of drug-likeness (QED) is 0.901. The molecule has 4 fully saturated rings. The molecule has 130 valence electrons. The molecule has 4 aliphatic carbocycles. The first-order chi connectivity index (χ1) is 12.1. The molecule has 0 radical (unpaired) electrons. The van der Waals surface area contributed by atoms with Crippen molar-refractivity contribution in [2.45, 2.75) is 38.5 Å². The minimum absolute atomic E-state index is 0.154. The van der Waals surface area contributed by atoms with E-state index in [2.05, 4.69) is 10.3 Å². The predicted octanol–water partition coefficient (Wildman–Crippen LogP) is 3.47. The summed E-state index contributed by atoms with van der Waals surface area (Å²) >= 11 is 0. The number of pyridine rings is 1. The number of fused-ring (bicyclic) bond motifs is 1. The Bertz CT molecular complexity index is 863. The number of carbonyl (C=O) groups excluding carboxylic acids is 1. The van der Waals surface area contributed by atoms with E-state index in [0.717, 1.165) is 29.7 Å². The third kappa shape index (κ3) is 2.59. The molecule has 4 saturated carbocycles. The maximum absolute atomic E-state index is 12.7. The molecule has 0 saturated heterocycles. The van der Waals surface area contributed by atoms with Gasteiger partial charge in [0.15, 0.2) is 0 Å². The summed E-state index contributed by atoms with van der Waals surface area (Å²) in [5, 5.41) is 4.58. The highest BCUT2D eigenvalue weighted by Crippen LogP contribution is 2.59. The van der Waals surface area contributed by atoms with Crippen molar-refractivity contribution in [2.75, 3.05) is 6.54 Å². The lowest BCUT2D eigenvalue weighted by Gasteiger charge is -2.56. The van der Waals surface area contributed by atoms with E-state index >= 15 is 0 Å². The van der Waals surface area contributed by atoms with Crippen LogP contribution in [0.3, 0.4) is 0 Å². The van der Waals surface area contributed by atoms with E-state index < -0.39 is 0 Å². The van der Waals surface area contributed by atoms with Crippen molar-refractivity contribution in [2.24, 2.45) is 23.2 Å². The second-order valence-corrected chi connectivity index (χ2v) is 8.70. The maximum Gasteiger partial charge on any atom is 0.267 e. The van der Waals surface area contributed by atoms with Gasteiger partial charge in [-0.15, -0.1) is 0 Å². The number of hydrogen-bond donors (Lipinski definition) is 2. The molecule has 1 aromatic heterocycles. The molecule has 0 atom stereocenters. The number of benzene rings is 1.